The summed E-state index contributed by atoms with van der Waals surface area (Å²) < 4.78 is 2.73. The van der Waals surface area contributed by atoms with Gasteiger partial charge in [0, 0.05) is 4.88 Å². The molecule has 2 aromatic rings. The summed E-state index contributed by atoms with van der Waals surface area (Å²) in [6, 6.07) is 4.04. The van der Waals surface area contributed by atoms with Gasteiger partial charge in [0.15, 0.2) is 0 Å². The van der Waals surface area contributed by atoms with Crippen LogP contribution in [0, 0.1) is 0 Å². The van der Waals surface area contributed by atoms with Gasteiger partial charge in [0.05, 0.1) is 35.2 Å². The van der Waals surface area contributed by atoms with E-state index in [9.17, 15) is 0 Å². The first-order chi connectivity index (χ1) is 7.22. The van der Waals surface area contributed by atoms with Gasteiger partial charge in [-0.2, -0.15) is 0 Å². The van der Waals surface area contributed by atoms with E-state index in [1.165, 1.54) is 0 Å². The SMILES string of the molecule is CC(c1ccc(Cl)s1)n1cncc1CO. The van der Waals surface area contributed by atoms with Gasteiger partial charge >= 0.3 is 0 Å². The number of hydrogen-bond acceptors (Lipinski definition) is 3. The van der Waals surface area contributed by atoms with E-state index in [0.717, 1.165) is 14.9 Å². The van der Waals surface area contributed by atoms with Gasteiger partial charge in [-0.1, -0.05) is 11.6 Å². The first-order valence-electron chi connectivity index (χ1n) is 4.59. The molecule has 1 N–H and O–H groups in total. The maximum absolute atomic E-state index is 9.12. The lowest BCUT2D eigenvalue weighted by Gasteiger charge is -2.13. The molecule has 0 aliphatic carbocycles. The summed E-state index contributed by atoms with van der Waals surface area (Å²) in [5.74, 6) is 0. The van der Waals surface area contributed by atoms with E-state index in [-0.39, 0.29) is 12.6 Å². The zero-order valence-corrected chi connectivity index (χ0v) is 9.79. The van der Waals surface area contributed by atoms with Crippen LogP contribution >= 0.6 is 22.9 Å². The van der Waals surface area contributed by atoms with E-state index < -0.39 is 0 Å². The average Bonchev–Trinajstić information content (AvgIpc) is 2.84. The molecule has 0 spiro atoms. The van der Waals surface area contributed by atoms with Gasteiger partial charge < -0.3 is 9.67 Å². The highest BCUT2D eigenvalue weighted by atomic mass is 35.5. The molecule has 80 valence electrons. The number of halogens is 1. The molecule has 0 aromatic carbocycles. The molecule has 0 aliphatic heterocycles. The van der Waals surface area contributed by atoms with Crippen molar-refractivity contribution in [1.82, 2.24) is 9.55 Å². The van der Waals surface area contributed by atoms with E-state index in [4.69, 9.17) is 16.7 Å². The van der Waals surface area contributed by atoms with Gasteiger partial charge in [0.2, 0.25) is 0 Å². The topological polar surface area (TPSA) is 38.0 Å². The van der Waals surface area contributed by atoms with E-state index in [0.29, 0.717) is 0 Å². The standard InChI is InChI=1S/C10H11ClN2OS/c1-7(9-2-3-10(11)15-9)13-6-12-4-8(13)5-14/h2-4,6-7,14H,5H2,1H3. The van der Waals surface area contributed by atoms with Crippen LogP contribution in [0.25, 0.3) is 0 Å². The largest absolute Gasteiger partial charge is 0.390 e. The van der Waals surface area contributed by atoms with Gasteiger partial charge in [0.1, 0.15) is 0 Å². The van der Waals surface area contributed by atoms with Crippen LogP contribution in [0.3, 0.4) is 0 Å². The van der Waals surface area contributed by atoms with Gasteiger partial charge in [-0.3, -0.25) is 0 Å². The third-order valence-electron chi connectivity index (χ3n) is 2.33. The molecule has 0 saturated carbocycles. The Hall–Kier alpha value is -0.840. The van der Waals surface area contributed by atoms with Gasteiger partial charge in [-0.05, 0) is 19.1 Å². The molecule has 15 heavy (non-hydrogen) atoms. The van der Waals surface area contributed by atoms with Crippen LogP contribution in [0.4, 0.5) is 0 Å². The van der Waals surface area contributed by atoms with Crippen LogP contribution < -0.4 is 0 Å². The number of aliphatic hydroxyl groups is 1. The monoisotopic (exact) mass is 242 g/mol. The Balaban J connectivity index is 2.31. The molecule has 3 nitrogen and oxygen atoms in total. The third-order valence-corrected chi connectivity index (χ3v) is 3.73. The number of imidazole rings is 1. The fourth-order valence-electron chi connectivity index (χ4n) is 1.49. The highest BCUT2D eigenvalue weighted by Gasteiger charge is 2.12. The molecule has 2 aromatic heterocycles. The van der Waals surface area contributed by atoms with Crippen molar-refractivity contribution in [2.24, 2.45) is 0 Å². The van der Waals surface area contributed by atoms with Crippen molar-refractivity contribution >= 4 is 22.9 Å². The molecule has 0 amide bonds. The molecule has 2 heterocycles. The van der Waals surface area contributed by atoms with E-state index in [1.807, 2.05) is 16.7 Å². The van der Waals surface area contributed by atoms with Crippen molar-refractivity contribution < 1.29 is 5.11 Å². The minimum absolute atomic E-state index is 0.00342. The molecule has 0 fully saturated rings. The molecule has 0 bridgehead atoms. The maximum atomic E-state index is 9.12. The van der Waals surface area contributed by atoms with E-state index in [2.05, 4.69) is 11.9 Å². The highest BCUT2D eigenvalue weighted by Crippen LogP contribution is 2.29. The normalized spacial score (nSPS) is 13.0. The first-order valence-corrected chi connectivity index (χ1v) is 5.78. The van der Waals surface area contributed by atoms with Crippen LogP contribution in [-0.2, 0) is 6.61 Å². The Morgan fingerprint density at radius 1 is 1.60 bits per heavy atom. The van der Waals surface area contributed by atoms with Crippen molar-refractivity contribution in [2.45, 2.75) is 19.6 Å². The lowest BCUT2D eigenvalue weighted by Crippen LogP contribution is -2.07. The first kappa shape index (κ1) is 10.7. The lowest BCUT2D eigenvalue weighted by molar-refractivity contribution is 0.269. The number of rotatable bonds is 3. The molecular formula is C10H11ClN2OS. The second-order valence-corrected chi connectivity index (χ2v) is 5.01. The minimum Gasteiger partial charge on any atom is -0.390 e. The van der Waals surface area contributed by atoms with E-state index in [1.54, 1.807) is 23.9 Å². The summed E-state index contributed by atoms with van der Waals surface area (Å²) in [7, 11) is 0. The predicted molar refractivity (Wildman–Crippen MR) is 61.3 cm³/mol. The smallest absolute Gasteiger partial charge is 0.0954 e. The van der Waals surface area contributed by atoms with Gasteiger partial charge in [0.25, 0.3) is 0 Å². The molecule has 0 aliphatic rings. The Labute approximate surface area is 97.0 Å². The quantitative estimate of drug-likeness (QED) is 0.899. The molecule has 2 rings (SSSR count). The number of aliphatic hydroxyl groups excluding tert-OH is 1. The zero-order chi connectivity index (χ0) is 10.8. The van der Waals surface area contributed by atoms with Crippen LogP contribution in [0.1, 0.15) is 23.5 Å². The Morgan fingerprint density at radius 3 is 3.00 bits per heavy atom. The van der Waals surface area contributed by atoms with Crippen LogP contribution in [0.5, 0.6) is 0 Å². The van der Waals surface area contributed by atoms with Crippen LogP contribution in [0.2, 0.25) is 4.34 Å². The summed E-state index contributed by atoms with van der Waals surface area (Å²) in [5.41, 5.74) is 0.812. The minimum atomic E-state index is 0.00342. The average molecular weight is 243 g/mol. The van der Waals surface area contributed by atoms with Crippen LogP contribution in [0.15, 0.2) is 24.7 Å². The molecule has 0 radical (unpaired) electrons. The molecule has 5 heteroatoms. The van der Waals surface area contributed by atoms with Crippen molar-refractivity contribution in [3.05, 3.63) is 39.6 Å². The third kappa shape index (κ3) is 2.07. The van der Waals surface area contributed by atoms with Gasteiger partial charge in [-0.25, -0.2) is 4.98 Å². The second kappa shape index (κ2) is 4.35. The fourth-order valence-corrected chi connectivity index (χ4v) is 2.60. The van der Waals surface area contributed by atoms with Crippen molar-refractivity contribution in [1.29, 1.82) is 0 Å². The summed E-state index contributed by atoms with van der Waals surface area (Å²) in [4.78, 5) is 5.18. The molecule has 1 unspecified atom stereocenters. The Morgan fingerprint density at radius 2 is 2.40 bits per heavy atom. The van der Waals surface area contributed by atoms with Crippen LogP contribution in [-0.4, -0.2) is 14.7 Å². The number of nitrogens with zero attached hydrogens (tertiary/aromatic N) is 2. The van der Waals surface area contributed by atoms with Crippen molar-refractivity contribution in [3.63, 3.8) is 0 Å². The van der Waals surface area contributed by atoms with Gasteiger partial charge in [-0.15, -0.1) is 11.3 Å². The Bertz CT molecular complexity index is 452. The lowest BCUT2D eigenvalue weighted by atomic mass is 10.2. The number of hydrogen-bond donors (Lipinski definition) is 1. The van der Waals surface area contributed by atoms with Crippen molar-refractivity contribution in [2.75, 3.05) is 0 Å². The second-order valence-electron chi connectivity index (χ2n) is 3.27. The number of thiophene rings is 1. The fraction of sp³-hybridized carbons (Fsp3) is 0.300. The van der Waals surface area contributed by atoms with Crippen molar-refractivity contribution in [3.8, 4) is 0 Å². The summed E-state index contributed by atoms with van der Waals surface area (Å²) in [5, 5.41) is 9.12. The summed E-state index contributed by atoms with van der Waals surface area (Å²) in [6.07, 6.45) is 3.40. The summed E-state index contributed by atoms with van der Waals surface area (Å²) >= 11 is 7.43. The number of aromatic nitrogens is 2. The maximum Gasteiger partial charge on any atom is 0.0954 e. The molecule has 1 atom stereocenters. The zero-order valence-electron chi connectivity index (χ0n) is 8.22. The summed E-state index contributed by atoms with van der Waals surface area (Å²) in [6.45, 7) is 2.06. The molecule has 0 saturated heterocycles. The molecular weight excluding hydrogens is 232 g/mol. The highest BCUT2D eigenvalue weighted by molar-refractivity contribution is 7.16. The predicted octanol–water partition coefficient (Wildman–Crippen LogP) is 2.70. The Kier molecular flexibility index (Phi) is 3.09. The van der Waals surface area contributed by atoms with E-state index >= 15 is 0 Å².